The minimum Gasteiger partial charge on any atom is -0.358 e. The Kier molecular flexibility index (Phi) is 5.72. The molecule has 130 valence electrons. The number of aromatic amines is 1. The fourth-order valence-corrected chi connectivity index (χ4v) is 4.36. The summed E-state index contributed by atoms with van der Waals surface area (Å²) in [5, 5.41) is 8.10. The molecule has 1 aromatic heterocycles. The number of aliphatic imine (C=N–C) groups is 1. The fourth-order valence-electron chi connectivity index (χ4n) is 3.13. The Hall–Kier alpha value is -1.62. The summed E-state index contributed by atoms with van der Waals surface area (Å²) < 4.78 is 0.319. The van der Waals surface area contributed by atoms with Gasteiger partial charge in [-0.2, -0.15) is 11.8 Å². The van der Waals surface area contributed by atoms with Crippen LogP contribution in [0.3, 0.4) is 0 Å². The van der Waals surface area contributed by atoms with E-state index in [0.717, 1.165) is 32.0 Å². The first-order valence-corrected chi connectivity index (χ1v) is 9.90. The van der Waals surface area contributed by atoms with Gasteiger partial charge in [-0.05, 0) is 50.0 Å². The summed E-state index contributed by atoms with van der Waals surface area (Å²) in [6.45, 7) is 7.10. The third-order valence-corrected chi connectivity index (χ3v) is 6.01. The summed E-state index contributed by atoms with van der Waals surface area (Å²) in [6.07, 6.45) is 3.56. The molecule has 1 aliphatic rings. The van der Waals surface area contributed by atoms with E-state index < -0.39 is 0 Å². The Bertz CT molecular complexity index is 652. The van der Waals surface area contributed by atoms with E-state index in [9.17, 15) is 0 Å². The first-order chi connectivity index (χ1) is 11.7. The van der Waals surface area contributed by atoms with E-state index in [1.807, 2.05) is 0 Å². The van der Waals surface area contributed by atoms with Crippen LogP contribution >= 0.6 is 11.8 Å². The van der Waals surface area contributed by atoms with Crippen molar-refractivity contribution in [1.82, 2.24) is 15.6 Å². The van der Waals surface area contributed by atoms with Crippen molar-refractivity contribution in [3.05, 3.63) is 36.0 Å². The minimum atomic E-state index is 0.319. The third kappa shape index (κ3) is 4.47. The number of guanidine groups is 1. The molecular weight excluding hydrogens is 316 g/mol. The number of benzene rings is 1. The van der Waals surface area contributed by atoms with Crippen molar-refractivity contribution in [2.24, 2.45) is 4.99 Å². The molecule has 0 bridgehead atoms. The first-order valence-electron chi connectivity index (χ1n) is 8.91. The molecule has 24 heavy (non-hydrogen) atoms. The zero-order valence-corrected chi connectivity index (χ0v) is 15.5. The lowest BCUT2D eigenvalue weighted by Crippen LogP contribution is -2.39. The smallest absolute Gasteiger partial charge is 0.191 e. The lowest BCUT2D eigenvalue weighted by molar-refractivity contribution is 0.614. The summed E-state index contributed by atoms with van der Waals surface area (Å²) in [4.78, 5) is 8.29. The molecule has 5 heteroatoms. The quantitative estimate of drug-likeness (QED) is 0.555. The molecule has 0 saturated carbocycles. The van der Waals surface area contributed by atoms with Crippen molar-refractivity contribution in [2.75, 3.05) is 25.4 Å². The molecule has 0 radical (unpaired) electrons. The van der Waals surface area contributed by atoms with Gasteiger partial charge in [-0.1, -0.05) is 18.2 Å². The number of hydrogen-bond acceptors (Lipinski definition) is 2. The maximum atomic E-state index is 4.80. The third-order valence-electron chi connectivity index (χ3n) is 4.49. The molecule has 3 N–H and O–H groups in total. The van der Waals surface area contributed by atoms with Gasteiger partial charge in [0.1, 0.15) is 0 Å². The van der Waals surface area contributed by atoms with E-state index in [2.05, 4.69) is 71.6 Å². The van der Waals surface area contributed by atoms with E-state index in [1.54, 1.807) is 0 Å². The first kappa shape index (κ1) is 17.2. The maximum absolute atomic E-state index is 4.80. The molecule has 1 aliphatic heterocycles. The number of thioether (sulfide) groups is 1. The number of fused-ring (bicyclic) bond motifs is 1. The average molecular weight is 345 g/mol. The number of rotatable bonds is 6. The number of aromatic nitrogens is 1. The topological polar surface area (TPSA) is 52.2 Å². The van der Waals surface area contributed by atoms with Gasteiger partial charge in [-0.15, -0.1) is 0 Å². The van der Waals surface area contributed by atoms with Gasteiger partial charge < -0.3 is 15.6 Å². The molecular formula is C19H28N4S. The highest BCUT2D eigenvalue weighted by Gasteiger charge is 2.29. The van der Waals surface area contributed by atoms with Crippen molar-refractivity contribution in [1.29, 1.82) is 0 Å². The van der Waals surface area contributed by atoms with Crippen LogP contribution in [0.2, 0.25) is 0 Å². The Labute approximate surface area is 148 Å². The molecule has 0 amide bonds. The number of para-hydroxylation sites is 1. The highest BCUT2D eigenvalue weighted by atomic mass is 32.2. The normalized spacial score (nSPS) is 21.3. The highest BCUT2D eigenvalue weighted by Crippen LogP contribution is 2.37. The Balaban J connectivity index is 1.53. The molecule has 1 unspecified atom stereocenters. The molecule has 1 saturated heterocycles. The van der Waals surface area contributed by atoms with Crippen LogP contribution in [-0.2, 0) is 6.42 Å². The van der Waals surface area contributed by atoms with Crippen molar-refractivity contribution >= 4 is 28.6 Å². The number of H-pyrrole nitrogens is 1. The maximum Gasteiger partial charge on any atom is 0.191 e. The molecule has 1 fully saturated rings. The lowest BCUT2D eigenvalue weighted by Gasteiger charge is -2.21. The average Bonchev–Trinajstić information content (AvgIpc) is 3.19. The lowest BCUT2D eigenvalue weighted by atomic mass is 10.1. The van der Waals surface area contributed by atoms with E-state index in [0.29, 0.717) is 4.75 Å². The van der Waals surface area contributed by atoms with Gasteiger partial charge >= 0.3 is 0 Å². The van der Waals surface area contributed by atoms with Gasteiger partial charge in [0.15, 0.2) is 5.96 Å². The molecule has 1 atom stereocenters. The second-order valence-electron chi connectivity index (χ2n) is 6.66. The van der Waals surface area contributed by atoms with E-state index in [4.69, 9.17) is 4.99 Å². The Morgan fingerprint density at radius 3 is 2.96 bits per heavy atom. The van der Waals surface area contributed by atoms with Gasteiger partial charge in [-0.25, -0.2) is 0 Å². The molecule has 4 nitrogen and oxygen atoms in total. The number of nitrogens with one attached hydrogen (secondary N) is 3. The number of hydrogen-bond donors (Lipinski definition) is 3. The monoisotopic (exact) mass is 344 g/mol. The van der Waals surface area contributed by atoms with Crippen LogP contribution in [0.4, 0.5) is 0 Å². The summed E-state index contributed by atoms with van der Waals surface area (Å²) >= 11 is 2.06. The Morgan fingerprint density at radius 1 is 1.33 bits per heavy atom. The van der Waals surface area contributed by atoms with Crippen LogP contribution in [0.15, 0.2) is 35.3 Å². The van der Waals surface area contributed by atoms with Crippen LogP contribution in [0.5, 0.6) is 0 Å². The predicted molar refractivity (Wildman–Crippen MR) is 106 cm³/mol. The molecule has 0 aliphatic carbocycles. The molecule has 2 heterocycles. The van der Waals surface area contributed by atoms with Gasteiger partial charge in [0, 0.05) is 35.5 Å². The van der Waals surface area contributed by atoms with E-state index in [-0.39, 0.29) is 0 Å². The molecule has 2 aromatic rings. The number of nitrogens with zero attached hydrogens (tertiary/aromatic N) is 1. The Morgan fingerprint density at radius 2 is 2.21 bits per heavy atom. The standard InChI is InChI=1S/C19H28N4S/c1-3-20-18(22-14-19(2)10-6-12-24-19)21-11-9-16-13-15-7-4-5-8-17(15)23-16/h4-5,7-8,13,23H,3,6,9-12,14H2,1-2H3,(H2,20,21,22). The summed E-state index contributed by atoms with van der Waals surface area (Å²) in [5.74, 6) is 2.21. The zero-order valence-electron chi connectivity index (χ0n) is 14.7. The van der Waals surface area contributed by atoms with Crippen LogP contribution in [0, 0.1) is 0 Å². The van der Waals surface area contributed by atoms with E-state index >= 15 is 0 Å². The van der Waals surface area contributed by atoms with Crippen LogP contribution in [0.25, 0.3) is 10.9 Å². The molecule has 0 spiro atoms. The molecule has 3 rings (SSSR count). The van der Waals surface area contributed by atoms with Crippen LogP contribution in [-0.4, -0.2) is 41.1 Å². The molecule has 1 aromatic carbocycles. The minimum absolute atomic E-state index is 0.319. The van der Waals surface area contributed by atoms with Crippen molar-refractivity contribution < 1.29 is 0 Å². The largest absolute Gasteiger partial charge is 0.358 e. The van der Waals surface area contributed by atoms with Crippen LogP contribution < -0.4 is 10.6 Å². The van der Waals surface area contributed by atoms with Crippen molar-refractivity contribution in [2.45, 2.75) is 37.9 Å². The van der Waals surface area contributed by atoms with Gasteiger partial charge in [0.2, 0.25) is 0 Å². The van der Waals surface area contributed by atoms with Crippen molar-refractivity contribution in [3.8, 4) is 0 Å². The van der Waals surface area contributed by atoms with Crippen molar-refractivity contribution in [3.63, 3.8) is 0 Å². The fraction of sp³-hybridized carbons (Fsp3) is 0.526. The van der Waals surface area contributed by atoms with E-state index in [1.165, 1.54) is 35.2 Å². The second kappa shape index (κ2) is 7.97. The summed E-state index contributed by atoms with van der Waals surface area (Å²) in [5.41, 5.74) is 2.47. The summed E-state index contributed by atoms with van der Waals surface area (Å²) in [6, 6.07) is 10.7. The van der Waals surface area contributed by atoms with Gasteiger partial charge in [0.05, 0.1) is 6.54 Å². The highest BCUT2D eigenvalue weighted by molar-refractivity contribution is 8.00. The summed E-state index contributed by atoms with van der Waals surface area (Å²) in [7, 11) is 0. The zero-order chi connectivity index (χ0) is 16.8. The van der Waals surface area contributed by atoms with Gasteiger partial charge in [0.25, 0.3) is 0 Å². The SMILES string of the molecule is CCNC(=NCC1(C)CCCS1)NCCc1cc2ccccc2[nH]1. The second-order valence-corrected chi connectivity index (χ2v) is 8.34. The van der Waals surface area contributed by atoms with Gasteiger partial charge in [-0.3, -0.25) is 4.99 Å². The predicted octanol–water partition coefficient (Wildman–Crippen LogP) is 3.55. The van der Waals surface area contributed by atoms with Crippen LogP contribution in [0.1, 0.15) is 32.4 Å².